The topological polar surface area (TPSA) is 88.7 Å². The van der Waals surface area contributed by atoms with Crippen LogP contribution in [0.1, 0.15) is 11.1 Å². The highest BCUT2D eigenvalue weighted by Gasteiger charge is 2.15. The van der Waals surface area contributed by atoms with E-state index < -0.39 is 0 Å². The molecule has 2 aliphatic heterocycles. The van der Waals surface area contributed by atoms with Crippen LogP contribution in [0.2, 0.25) is 0 Å². The summed E-state index contributed by atoms with van der Waals surface area (Å²) in [5, 5.41) is 15.3. The van der Waals surface area contributed by atoms with Gasteiger partial charge in [-0.2, -0.15) is 0 Å². The molecule has 0 fully saturated rings. The Bertz CT molecular complexity index is 1110. The van der Waals surface area contributed by atoms with Crippen molar-refractivity contribution in [2.24, 2.45) is 9.98 Å². The summed E-state index contributed by atoms with van der Waals surface area (Å²) >= 11 is 0. The van der Waals surface area contributed by atoms with Crippen molar-refractivity contribution in [3.05, 3.63) is 59.8 Å². The zero-order chi connectivity index (χ0) is 19.6. The van der Waals surface area contributed by atoms with Crippen molar-refractivity contribution in [2.75, 3.05) is 33.3 Å². The highest BCUT2D eigenvalue weighted by Crippen LogP contribution is 2.26. The fourth-order valence-corrected chi connectivity index (χ4v) is 3.51. The molecule has 0 unspecified atom stereocenters. The number of benzene rings is 2. The molecule has 0 bridgehead atoms. The molecule has 10 heteroatoms. The normalized spacial score (nSPS) is 14.5. The molecule has 162 valence electrons. The first-order valence-electron chi connectivity index (χ1n) is 9.60. The van der Waals surface area contributed by atoms with Crippen LogP contribution in [0, 0.1) is 0 Å². The van der Waals surface area contributed by atoms with E-state index in [-0.39, 0.29) is 24.8 Å². The molecule has 0 radical (unpaired) electrons. The van der Waals surface area contributed by atoms with Crippen molar-refractivity contribution in [1.29, 1.82) is 0 Å². The number of amidine groups is 2. The average Bonchev–Trinajstić information content (AvgIpc) is 3.56. The van der Waals surface area contributed by atoms with Gasteiger partial charge >= 0.3 is 0 Å². The minimum absolute atomic E-state index is 0. The van der Waals surface area contributed by atoms with Crippen molar-refractivity contribution >= 4 is 36.5 Å². The zero-order valence-electron chi connectivity index (χ0n) is 16.9. The monoisotopic (exact) mass is 459 g/mol. The summed E-state index contributed by atoms with van der Waals surface area (Å²) in [5.74, 6) is 2.57. The lowest BCUT2D eigenvalue weighted by atomic mass is 10.1. The number of hydrogen-bond acceptors (Lipinski definition) is 7. The van der Waals surface area contributed by atoms with Crippen LogP contribution in [0.15, 0.2) is 58.6 Å². The predicted molar refractivity (Wildman–Crippen MR) is 127 cm³/mol. The van der Waals surface area contributed by atoms with Gasteiger partial charge in [0.2, 0.25) is 0 Å². The maximum atomic E-state index is 5.54. The van der Waals surface area contributed by atoms with Crippen molar-refractivity contribution < 1.29 is 4.74 Å². The van der Waals surface area contributed by atoms with E-state index in [9.17, 15) is 0 Å². The Hall–Kier alpha value is -3.10. The van der Waals surface area contributed by atoms with E-state index in [2.05, 4.69) is 43.1 Å². The SMILES string of the molecule is COc1ccc(C2=NCCN2)cc1-n1cc(-c2ccc(C3=NCCN3)cc2)nn1.Cl.Cl. The smallest absolute Gasteiger partial charge is 0.144 e. The summed E-state index contributed by atoms with van der Waals surface area (Å²) in [5.41, 5.74) is 4.70. The van der Waals surface area contributed by atoms with Crippen molar-refractivity contribution in [3.63, 3.8) is 0 Å². The maximum absolute atomic E-state index is 5.54. The molecule has 2 aliphatic rings. The second-order valence-corrected chi connectivity index (χ2v) is 6.83. The summed E-state index contributed by atoms with van der Waals surface area (Å²) in [7, 11) is 1.65. The Labute approximate surface area is 192 Å². The van der Waals surface area contributed by atoms with Crippen LogP contribution < -0.4 is 15.4 Å². The average molecular weight is 460 g/mol. The molecule has 0 spiro atoms. The highest BCUT2D eigenvalue weighted by molar-refractivity contribution is 6.00. The van der Waals surface area contributed by atoms with E-state index >= 15 is 0 Å². The van der Waals surface area contributed by atoms with Crippen LogP contribution in [0.4, 0.5) is 0 Å². The number of halogens is 2. The largest absolute Gasteiger partial charge is 0.494 e. The van der Waals surface area contributed by atoms with Gasteiger partial charge in [0.05, 0.1) is 26.4 Å². The minimum Gasteiger partial charge on any atom is -0.494 e. The third kappa shape index (κ3) is 4.50. The zero-order valence-corrected chi connectivity index (χ0v) is 18.5. The summed E-state index contributed by atoms with van der Waals surface area (Å²) in [4.78, 5) is 8.95. The lowest BCUT2D eigenvalue weighted by molar-refractivity contribution is 0.411. The van der Waals surface area contributed by atoms with E-state index in [1.165, 1.54) is 0 Å². The Morgan fingerprint density at radius 2 is 1.45 bits per heavy atom. The van der Waals surface area contributed by atoms with Crippen LogP contribution in [0.3, 0.4) is 0 Å². The fraction of sp³-hybridized carbons (Fsp3) is 0.238. The van der Waals surface area contributed by atoms with Gasteiger partial charge < -0.3 is 15.4 Å². The minimum atomic E-state index is 0. The number of nitrogens with zero attached hydrogens (tertiary/aromatic N) is 5. The molecular weight excluding hydrogens is 437 g/mol. The number of rotatable bonds is 5. The second-order valence-electron chi connectivity index (χ2n) is 6.83. The second kappa shape index (κ2) is 9.80. The predicted octanol–water partition coefficient (Wildman–Crippen LogP) is 2.49. The van der Waals surface area contributed by atoms with Gasteiger partial charge in [-0.25, -0.2) is 4.68 Å². The molecule has 5 rings (SSSR count). The van der Waals surface area contributed by atoms with E-state index in [1.54, 1.807) is 11.8 Å². The Kier molecular flexibility index (Phi) is 7.14. The lowest BCUT2D eigenvalue weighted by Crippen LogP contribution is -2.19. The molecule has 0 atom stereocenters. The molecule has 31 heavy (non-hydrogen) atoms. The van der Waals surface area contributed by atoms with Gasteiger partial charge in [-0.1, -0.05) is 29.5 Å². The molecule has 2 N–H and O–H groups in total. The van der Waals surface area contributed by atoms with Gasteiger partial charge in [0, 0.05) is 29.8 Å². The van der Waals surface area contributed by atoms with Crippen LogP contribution in [0.25, 0.3) is 16.9 Å². The molecule has 0 saturated heterocycles. The first-order chi connectivity index (χ1) is 14.3. The third-order valence-corrected chi connectivity index (χ3v) is 4.99. The van der Waals surface area contributed by atoms with Gasteiger partial charge in [-0.3, -0.25) is 9.98 Å². The molecule has 3 aromatic rings. The summed E-state index contributed by atoms with van der Waals surface area (Å²) in [6, 6.07) is 14.1. The molecule has 1 aromatic heterocycles. The number of nitrogens with one attached hydrogen (secondary N) is 2. The van der Waals surface area contributed by atoms with Crippen molar-refractivity contribution in [3.8, 4) is 22.7 Å². The van der Waals surface area contributed by atoms with Gasteiger partial charge in [0.25, 0.3) is 0 Å². The van der Waals surface area contributed by atoms with Crippen LogP contribution in [-0.2, 0) is 0 Å². The first kappa shape index (κ1) is 22.6. The highest BCUT2D eigenvalue weighted by atomic mass is 35.5. The fourth-order valence-electron chi connectivity index (χ4n) is 3.51. The first-order valence-corrected chi connectivity index (χ1v) is 9.60. The Balaban J connectivity index is 0.00000136. The summed E-state index contributed by atoms with van der Waals surface area (Å²) in [6.45, 7) is 3.38. The molecular formula is C21H23Cl2N7O. The van der Waals surface area contributed by atoms with Gasteiger partial charge in [0.15, 0.2) is 0 Å². The van der Waals surface area contributed by atoms with E-state index in [0.717, 1.165) is 71.7 Å². The van der Waals surface area contributed by atoms with Crippen LogP contribution >= 0.6 is 24.8 Å². The molecule has 2 aromatic carbocycles. The number of aromatic nitrogens is 3. The lowest BCUT2D eigenvalue weighted by Gasteiger charge is -2.10. The number of ether oxygens (including phenoxy) is 1. The standard InChI is InChI=1S/C21H21N7O.2ClH/c1-29-19-7-6-16(21-24-10-11-25-21)12-18(19)28-13-17(26-27-28)14-2-4-15(5-3-14)20-22-8-9-23-20;;/h2-7,12-13H,8-11H2,1H3,(H,22,23)(H,24,25);2*1H. The Morgan fingerprint density at radius 1 is 0.839 bits per heavy atom. The number of methoxy groups -OCH3 is 1. The third-order valence-electron chi connectivity index (χ3n) is 4.99. The molecule has 0 saturated carbocycles. The maximum Gasteiger partial charge on any atom is 0.144 e. The molecule has 3 heterocycles. The number of hydrogen-bond donors (Lipinski definition) is 2. The van der Waals surface area contributed by atoms with E-state index in [1.807, 2.05) is 36.5 Å². The molecule has 0 aliphatic carbocycles. The molecule has 8 nitrogen and oxygen atoms in total. The van der Waals surface area contributed by atoms with Gasteiger partial charge in [0.1, 0.15) is 28.8 Å². The molecule has 0 amide bonds. The Morgan fingerprint density at radius 3 is 2.06 bits per heavy atom. The van der Waals surface area contributed by atoms with Crippen molar-refractivity contribution in [1.82, 2.24) is 25.6 Å². The van der Waals surface area contributed by atoms with Gasteiger partial charge in [-0.05, 0) is 18.2 Å². The summed E-state index contributed by atoms with van der Waals surface area (Å²) < 4.78 is 7.28. The summed E-state index contributed by atoms with van der Waals surface area (Å²) in [6.07, 6.45) is 1.91. The van der Waals surface area contributed by atoms with Crippen LogP contribution in [0.5, 0.6) is 5.75 Å². The quantitative estimate of drug-likeness (QED) is 0.611. The number of aliphatic imine (C=N–C) groups is 2. The van der Waals surface area contributed by atoms with Crippen LogP contribution in [-0.4, -0.2) is 60.0 Å². The van der Waals surface area contributed by atoms with Crippen molar-refractivity contribution in [2.45, 2.75) is 0 Å². The van der Waals surface area contributed by atoms with Gasteiger partial charge in [-0.15, -0.1) is 29.9 Å². The van der Waals surface area contributed by atoms with E-state index in [4.69, 9.17) is 4.74 Å². The van der Waals surface area contributed by atoms with E-state index in [0.29, 0.717) is 0 Å².